The van der Waals surface area contributed by atoms with Gasteiger partial charge >= 0.3 is 6.18 Å². The second-order valence-corrected chi connectivity index (χ2v) is 4.59. The highest BCUT2D eigenvalue weighted by Crippen LogP contribution is 2.40. The molecule has 1 atom stereocenters. The molecule has 20 heavy (non-hydrogen) atoms. The second-order valence-electron chi connectivity index (χ2n) is 4.59. The van der Waals surface area contributed by atoms with Crippen LogP contribution in [0.1, 0.15) is 11.6 Å². The van der Waals surface area contributed by atoms with Gasteiger partial charge < -0.3 is 10.1 Å². The lowest BCUT2D eigenvalue weighted by Gasteiger charge is -2.36. The third-order valence-electron chi connectivity index (χ3n) is 3.33. The van der Waals surface area contributed by atoms with E-state index in [1.807, 2.05) is 0 Å². The molecule has 0 aromatic heterocycles. The summed E-state index contributed by atoms with van der Waals surface area (Å²) in [5.41, 5.74) is -0.390. The van der Waals surface area contributed by atoms with E-state index in [4.69, 9.17) is 4.74 Å². The molecule has 0 bridgehead atoms. The van der Waals surface area contributed by atoms with Gasteiger partial charge in [-0.3, -0.25) is 4.90 Å². The van der Waals surface area contributed by atoms with Crippen LogP contribution in [0.25, 0.3) is 0 Å². The largest absolute Gasteiger partial charge is 0.494 e. The molecular formula is C13H16F4N2O. The van der Waals surface area contributed by atoms with E-state index in [1.54, 1.807) is 0 Å². The van der Waals surface area contributed by atoms with Crippen molar-refractivity contribution in [2.45, 2.75) is 12.2 Å². The van der Waals surface area contributed by atoms with Crippen LogP contribution in [0.4, 0.5) is 17.6 Å². The van der Waals surface area contributed by atoms with Crippen molar-refractivity contribution in [3.63, 3.8) is 0 Å². The summed E-state index contributed by atoms with van der Waals surface area (Å²) in [5, 5.41) is 2.98. The molecule has 0 saturated carbocycles. The van der Waals surface area contributed by atoms with Crippen molar-refractivity contribution in [2.24, 2.45) is 0 Å². The minimum Gasteiger partial charge on any atom is -0.494 e. The predicted octanol–water partition coefficient (Wildman–Crippen LogP) is 2.34. The number of rotatable bonds is 3. The third kappa shape index (κ3) is 3.04. The fourth-order valence-electron chi connectivity index (χ4n) is 2.42. The first kappa shape index (κ1) is 15.1. The van der Waals surface area contributed by atoms with Crippen LogP contribution in [-0.4, -0.2) is 44.4 Å². The van der Waals surface area contributed by atoms with Gasteiger partial charge in [0.2, 0.25) is 0 Å². The summed E-state index contributed by atoms with van der Waals surface area (Å²) in [6.45, 7) is 1.36. The number of alkyl halides is 3. The molecule has 1 aliphatic heterocycles. The fraction of sp³-hybridized carbons (Fsp3) is 0.538. The average molecular weight is 292 g/mol. The number of nitrogens with zero attached hydrogens (tertiary/aromatic N) is 1. The Balaban J connectivity index is 2.41. The van der Waals surface area contributed by atoms with Gasteiger partial charge in [0.1, 0.15) is 6.04 Å². The number of methoxy groups -OCH3 is 1. The van der Waals surface area contributed by atoms with Crippen LogP contribution in [0, 0.1) is 5.82 Å². The number of hydrogen-bond donors (Lipinski definition) is 1. The van der Waals surface area contributed by atoms with Crippen LogP contribution in [0.5, 0.6) is 5.75 Å². The van der Waals surface area contributed by atoms with Crippen LogP contribution >= 0.6 is 0 Å². The zero-order valence-electron chi connectivity index (χ0n) is 11.0. The van der Waals surface area contributed by atoms with Crippen molar-refractivity contribution in [3.8, 4) is 5.75 Å². The maximum Gasteiger partial charge on any atom is 0.408 e. The zero-order valence-corrected chi connectivity index (χ0v) is 11.0. The number of halogens is 4. The monoisotopic (exact) mass is 292 g/mol. The van der Waals surface area contributed by atoms with E-state index in [0.29, 0.717) is 13.1 Å². The molecule has 3 nitrogen and oxygen atoms in total. The summed E-state index contributed by atoms with van der Waals surface area (Å²) in [6, 6.07) is 1.90. The molecule has 1 fully saturated rings. The molecule has 1 heterocycles. The molecule has 0 radical (unpaired) electrons. The first-order valence-corrected chi connectivity index (χ1v) is 6.29. The van der Waals surface area contributed by atoms with Crippen LogP contribution < -0.4 is 10.1 Å². The molecular weight excluding hydrogens is 276 g/mol. The van der Waals surface area contributed by atoms with E-state index in [9.17, 15) is 17.6 Å². The highest BCUT2D eigenvalue weighted by molar-refractivity contribution is 5.34. The van der Waals surface area contributed by atoms with E-state index < -0.39 is 23.6 Å². The van der Waals surface area contributed by atoms with Crippen LogP contribution in [0.15, 0.2) is 18.2 Å². The highest BCUT2D eigenvalue weighted by Gasteiger charge is 2.46. The quantitative estimate of drug-likeness (QED) is 0.866. The minimum absolute atomic E-state index is 0.174. The molecule has 1 aliphatic rings. The van der Waals surface area contributed by atoms with Crippen molar-refractivity contribution in [3.05, 3.63) is 29.6 Å². The van der Waals surface area contributed by atoms with Gasteiger partial charge in [0.15, 0.2) is 11.6 Å². The molecule has 1 saturated heterocycles. The van der Waals surface area contributed by atoms with Crippen molar-refractivity contribution in [2.75, 3.05) is 33.3 Å². The molecule has 112 valence electrons. The normalized spacial score (nSPS) is 18.9. The summed E-state index contributed by atoms with van der Waals surface area (Å²) in [6.07, 6.45) is -4.54. The van der Waals surface area contributed by atoms with Crippen LogP contribution in [-0.2, 0) is 0 Å². The number of hydrogen-bond acceptors (Lipinski definition) is 3. The van der Waals surface area contributed by atoms with Gasteiger partial charge in [-0.05, 0) is 6.07 Å². The number of benzene rings is 1. The lowest BCUT2D eigenvalue weighted by Crippen LogP contribution is -2.49. The van der Waals surface area contributed by atoms with Gasteiger partial charge in [-0.1, -0.05) is 12.1 Å². The fourth-order valence-corrected chi connectivity index (χ4v) is 2.42. The number of ether oxygens (including phenoxy) is 1. The summed E-state index contributed by atoms with van der Waals surface area (Å²) < 4.78 is 58.9. The van der Waals surface area contributed by atoms with Crippen molar-refractivity contribution < 1.29 is 22.3 Å². The van der Waals surface area contributed by atoms with Gasteiger partial charge in [0.05, 0.1) is 7.11 Å². The van der Waals surface area contributed by atoms with Gasteiger partial charge in [0, 0.05) is 31.7 Å². The Kier molecular flexibility index (Phi) is 4.49. The Bertz CT molecular complexity index is 458. The molecule has 1 N–H and O–H groups in total. The summed E-state index contributed by atoms with van der Waals surface area (Å²) in [7, 11) is 1.23. The van der Waals surface area contributed by atoms with Gasteiger partial charge in [-0.15, -0.1) is 0 Å². The third-order valence-corrected chi connectivity index (χ3v) is 3.33. The maximum atomic E-state index is 14.1. The Hall–Kier alpha value is -1.34. The highest BCUT2D eigenvalue weighted by atomic mass is 19.4. The van der Waals surface area contributed by atoms with E-state index in [2.05, 4.69) is 5.32 Å². The predicted molar refractivity (Wildman–Crippen MR) is 66.2 cm³/mol. The van der Waals surface area contributed by atoms with E-state index in [1.165, 1.54) is 24.1 Å². The molecule has 0 spiro atoms. The molecule has 1 aromatic carbocycles. The average Bonchev–Trinajstić information content (AvgIpc) is 2.41. The summed E-state index contributed by atoms with van der Waals surface area (Å²) >= 11 is 0. The van der Waals surface area contributed by atoms with Crippen LogP contribution in [0.2, 0.25) is 0 Å². The van der Waals surface area contributed by atoms with Crippen molar-refractivity contribution in [1.29, 1.82) is 0 Å². The van der Waals surface area contributed by atoms with E-state index in [0.717, 1.165) is 6.07 Å². The first-order chi connectivity index (χ1) is 9.45. The smallest absolute Gasteiger partial charge is 0.408 e. The maximum absolute atomic E-state index is 14.1. The number of nitrogens with one attached hydrogen (secondary N) is 1. The minimum atomic E-state index is -4.54. The molecule has 0 aliphatic carbocycles. The van der Waals surface area contributed by atoms with Crippen molar-refractivity contribution >= 4 is 0 Å². The molecule has 0 unspecified atom stereocenters. The van der Waals surface area contributed by atoms with Crippen LogP contribution in [0.3, 0.4) is 0 Å². The lowest BCUT2D eigenvalue weighted by atomic mass is 10.0. The first-order valence-electron chi connectivity index (χ1n) is 6.29. The SMILES string of the molecule is COc1cccc([C@H](N2CCNCC2)C(F)(F)F)c1F. The molecule has 7 heteroatoms. The lowest BCUT2D eigenvalue weighted by molar-refractivity contribution is -0.188. The zero-order chi connectivity index (χ0) is 14.8. The molecule has 2 rings (SSSR count). The van der Waals surface area contributed by atoms with Crippen molar-refractivity contribution in [1.82, 2.24) is 10.2 Å². The van der Waals surface area contributed by atoms with Gasteiger partial charge in [0.25, 0.3) is 0 Å². The number of piperazine rings is 1. The summed E-state index contributed by atoms with van der Waals surface area (Å²) in [5.74, 6) is -1.12. The Morgan fingerprint density at radius 2 is 1.90 bits per heavy atom. The Labute approximate surface area is 114 Å². The van der Waals surface area contributed by atoms with Gasteiger partial charge in [-0.2, -0.15) is 13.2 Å². The molecule has 0 amide bonds. The summed E-state index contributed by atoms with van der Waals surface area (Å²) in [4.78, 5) is 1.24. The Morgan fingerprint density at radius 3 is 2.45 bits per heavy atom. The standard InChI is InChI=1S/C13H16F4N2O/c1-20-10-4-2-3-9(11(10)14)12(13(15,16)17)19-7-5-18-6-8-19/h2-4,12,18H,5-8H2,1H3/t12-/m0/s1. The van der Waals surface area contributed by atoms with E-state index in [-0.39, 0.29) is 18.8 Å². The topological polar surface area (TPSA) is 24.5 Å². The van der Waals surface area contributed by atoms with Gasteiger partial charge in [-0.25, -0.2) is 4.39 Å². The Morgan fingerprint density at radius 1 is 1.25 bits per heavy atom. The van der Waals surface area contributed by atoms with E-state index >= 15 is 0 Å². The molecule has 1 aromatic rings. The second kappa shape index (κ2) is 5.97.